The van der Waals surface area contributed by atoms with Gasteiger partial charge in [0.1, 0.15) is 0 Å². The van der Waals surface area contributed by atoms with Crippen LogP contribution in [0, 0.1) is 0 Å². The van der Waals surface area contributed by atoms with E-state index in [4.69, 9.17) is 0 Å². The number of hydrogen-bond acceptors (Lipinski definition) is 2. The molecule has 2 heterocycles. The molecule has 0 aromatic heterocycles. The van der Waals surface area contributed by atoms with E-state index >= 15 is 0 Å². The van der Waals surface area contributed by atoms with Gasteiger partial charge in [0.05, 0.1) is 0 Å². The Morgan fingerprint density at radius 2 is 1.80 bits per heavy atom. The van der Waals surface area contributed by atoms with E-state index in [0.717, 1.165) is 5.75 Å². The molecular formula is C8H15NS. The zero-order chi connectivity index (χ0) is 7.03. The molecule has 0 amide bonds. The lowest BCUT2D eigenvalue weighted by Crippen LogP contribution is -2.39. The highest BCUT2D eigenvalue weighted by Crippen LogP contribution is 2.39. The van der Waals surface area contributed by atoms with Gasteiger partial charge in [0.25, 0.3) is 0 Å². The molecule has 2 aliphatic heterocycles. The van der Waals surface area contributed by atoms with Crippen LogP contribution < -0.4 is 0 Å². The van der Waals surface area contributed by atoms with Crippen molar-refractivity contribution in [1.29, 1.82) is 0 Å². The summed E-state index contributed by atoms with van der Waals surface area (Å²) in [6.45, 7) is 2.67. The molecule has 2 fully saturated rings. The van der Waals surface area contributed by atoms with Gasteiger partial charge in [-0.05, 0) is 38.8 Å². The summed E-state index contributed by atoms with van der Waals surface area (Å²) < 4.78 is 0. The second-order valence-electron chi connectivity index (χ2n) is 3.58. The molecular weight excluding hydrogens is 142 g/mol. The number of fused-ring (bicyclic) bond motifs is 1. The van der Waals surface area contributed by atoms with Crippen molar-refractivity contribution in [3.63, 3.8) is 0 Å². The Labute approximate surface area is 68.2 Å². The van der Waals surface area contributed by atoms with Gasteiger partial charge in [0, 0.05) is 11.3 Å². The van der Waals surface area contributed by atoms with Crippen LogP contribution >= 0.6 is 12.6 Å². The summed E-state index contributed by atoms with van der Waals surface area (Å²) in [4.78, 5) is 2.64. The van der Waals surface area contributed by atoms with Gasteiger partial charge < -0.3 is 0 Å². The van der Waals surface area contributed by atoms with Gasteiger partial charge in [0.15, 0.2) is 0 Å². The zero-order valence-electron chi connectivity index (χ0n) is 6.34. The van der Waals surface area contributed by atoms with Crippen LogP contribution in [0.5, 0.6) is 0 Å². The number of nitrogens with zero attached hydrogens (tertiary/aromatic N) is 1. The Bertz CT molecular complexity index is 125. The van der Waals surface area contributed by atoms with Crippen LogP contribution in [-0.4, -0.2) is 29.3 Å². The molecule has 0 saturated carbocycles. The van der Waals surface area contributed by atoms with Crippen LogP contribution in [0.25, 0.3) is 0 Å². The van der Waals surface area contributed by atoms with E-state index < -0.39 is 0 Å². The van der Waals surface area contributed by atoms with Crippen molar-refractivity contribution in [3.05, 3.63) is 0 Å². The Balaban J connectivity index is 2.15. The van der Waals surface area contributed by atoms with Crippen molar-refractivity contribution in [3.8, 4) is 0 Å². The van der Waals surface area contributed by atoms with Gasteiger partial charge in [-0.1, -0.05) is 0 Å². The van der Waals surface area contributed by atoms with E-state index in [1.807, 2.05) is 0 Å². The van der Waals surface area contributed by atoms with Crippen molar-refractivity contribution in [2.75, 3.05) is 18.8 Å². The minimum Gasteiger partial charge on any atom is -0.297 e. The third kappa shape index (κ3) is 0.817. The van der Waals surface area contributed by atoms with E-state index in [1.165, 1.54) is 38.8 Å². The maximum atomic E-state index is 4.44. The average molecular weight is 157 g/mol. The minimum atomic E-state index is 0.545. The predicted molar refractivity (Wildman–Crippen MR) is 46.6 cm³/mol. The summed E-state index contributed by atoms with van der Waals surface area (Å²) in [5, 5.41) is 0. The van der Waals surface area contributed by atoms with Gasteiger partial charge in [-0.2, -0.15) is 12.6 Å². The maximum absolute atomic E-state index is 4.44. The lowest BCUT2D eigenvalue weighted by Gasteiger charge is -2.29. The molecule has 1 nitrogen and oxygen atoms in total. The van der Waals surface area contributed by atoms with Crippen molar-refractivity contribution in [2.45, 2.75) is 31.2 Å². The lowest BCUT2D eigenvalue weighted by molar-refractivity contribution is 0.224. The highest BCUT2D eigenvalue weighted by Gasteiger charge is 2.42. The Morgan fingerprint density at radius 3 is 2.20 bits per heavy atom. The van der Waals surface area contributed by atoms with E-state index in [0.29, 0.717) is 5.54 Å². The van der Waals surface area contributed by atoms with E-state index in [9.17, 15) is 0 Å². The molecule has 0 unspecified atom stereocenters. The van der Waals surface area contributed by atoms with Crippen LogP contribution in [0.15, 0.2) is 0 Å². The van der Waals surface area contributed by atoms with E-state index in [-0.39, 0.29) is 0 Å². The first-order valence-electron chi connectivity index (χ1n) is 4.23. The summed E-state index contributed by atoms with van der Waals surface area (Å²) >= 11 is 4.44. The van der Waals surface area contributed by atoms with Crippen LogP contribution in [0.2, 0.25) is 0 Å². The molecule has 2 aliphatic rings. The van der Waals surface area contributed by atoms with Crippen LogP contribution in [0.1, 0.15) is 25.7 Å². The monoisotopic (exact) mass is 157 g/mol. The Kier molecular flexibility index (Phi) is 1.69. The topological polar surface area (TPSA) is 3.24 Å². The smallest absolute Gasteiger partial charge is 0.0298 e. The predicted octanol–water partition coefficient (Wildman–Crippen LogP) is 1.54. The van der Waals surface area contributed by atoms with Crippen molar-refractivity contribution in [2.24, 2.45) is 0 Å². The molecule has 0 radical (unpaired) electrons. The molecule has 0 bridgehead atoms. The summed E-state index contributed by atoms with van der Waals surface area (Å²) in [6, 6.07) is 0. The van der Waals surface area contributed by atoms with E-state index in [2.05, 4.69) is 17.5 Å². The summed E-state index contributed by atoms with van der Waals surface area (Å²) in [5.74, 6) is 1.08. The molecule has 2 heteroatoms. The lowest BCUT2D eigenvalue weighted by atomic mass is 9.97. The Hall–Kier alpha value is 0.310. The largest absolute Gasteiger partial charge is 0.297 e. The molecule has 2 rings (SSSR count). The van der Waals surface area contributed by atoms with Gasteiger partial charge >= 0.3 is 0 Å². The fraction of sp³-hybridized carbons (Fsp3) is 1.00. The SMILES string of the molecule is SCC12CCCN1CCC2. The molecule has 0 aromatic rings. The maximum Gasteiger partial charge on any atom is 0.0298 e. The van der Waals surface area contributed by atoms with Crippen molar-refractivity contribution < 1.29 is 0 Å². The van der Waals surface area contributed by atoms with E-state index in [1.54, 1.807) is 0 Å². The quantitative estimate of drug-likeness (QED) is 0.565. The van der Waals surface area contributed by atoms with Gasteiger partial charge in [-0.3, -0.25) is 4.90 Å². The van der Waals surface area contributed by atoms with Crippen LogP contribution in [-0.2, 0) is 0 Å². The second-order valence-corrected chi connectivity index (χ2v) is 3.89. The van der Waals surface area contributed by atoms with Crippen LogP contribution in [0.3, 0.4) is 0 Å². The standard InChI is InChI=1S/C8H15NS/c10-7-8-3-1-5-9(8)6-2-4-8/h10H,1-7H2. The summed E-state index contributed by atoms with van der Waals surface area (Å²) in [5.41, 5.74) is 0.545. The number of hydrogen-bond donors (Lipinski definition) is 1. The fourth-order valence-corrected chi connectivity index (χ4v) is 3.00. The molecule has 0 atom stereocenters. The fourth-order valence-electron chi connectivity index (χ4n) is 2.48. The molecule has 0 aliphatic carbocycles. The molecule has 58 valence electrons. The molecule has 2 saturated heterocycles. The van der Waals surface area contributed by atoms with Gasteiger partial charge in [-0.25, -0.2) is 0 Å². The number of thiol groups is 1. The molecule has 0 N–H and O–H groups in total. The van der Waals surface area contributed by atoms with Gasteiger partial charge in [-0.15, -0.1) is 0 Å². The molecule has 10 heavy (non-hydrogen) atoms. The van der Waals surface area contributed by atoms with Gasteiger partial charge in [0.2, 0.25) is 0 Å². The summed E-state index contributed by atoms with van der Waals surface area (Å²) in [6.07, 6.45) is 5.61. The first-order chi connectivity index (χ1) is 4.87. The highest BCUT2D eigenvalue weighted by molar-refractivity contribution is 7.80. The highest BCUT2D eigenvalue weighted by atomic mass is 32.1. The first-order valence-corrected chi connectivity index (χ1v) is 4.87. The third-order valence-corrected chi connectivity index (χ3v) is 3.69. The third-order valence-electron chi connectivity index (χ3n) is 3.11. The van der Waals surface area contributed by atoms with Crippen molar-refractivity contribution in [1.82, 2.24) is 4.90 Å². The molecule has 0 aromatic carbocycles. The minimum absolute atomic E-state index is 0.545. The molecule has 0 spiro atoms. The normalized spacial score (nSPS) is 30.9. The first kappa shape index (κ1) is 6.99. The average Bonchev–Trinajstić information content (AvgIpc) is 2.42. The summed E-state index contributed by atoms with van der Waals surface area (Å²) in [7, 11) is 0. The van der Waals surface area contributed by atoms with Crippen LogP contribution in [0.4, 0.5) is 0 Å². The Morgan fingerprint density at radius 1 is 1.20 bits per heavy atom. The second kappa shape index (κ2) is 2.42. The zero-order valence-corrected chi connectivity index (χ0v) is 7.24. The van der Waals surface area contributed by atoms with Crippen molar-refractivity contribution >= 4 is 12.6 Å². The number of rotatable bonds is 1.